The molecule has 2 fully saturated rings. The first-order chi connectivity index (χ1) is 12.4. The highest BCUT2D eigenvalue weighted by Crippen LogP contribution is 2.40. The van der Waals surface area contributed by atoms with Crippen LogP contribution in [-0.2, 0) is 19.1 Å². The van der Waals surface area contributed by atoms with E-state index < -0.39 is 24.1 Å². The number of carboxylic acids is 1. The molecule has 148 valence electrons. The second kappa shape index (κ2) is 9.35. The summed E-state index contributed by atoms with van der Waals surface area (Å²) >= 11 is 0. The number of hydrogen-bond donors (Lipinski definition) is 2. The number of carbonyl (C=O) groups is 3. The number of rotatable bonds is 8. The van der Waals surface area contributed by atoms with Crippen LogP contribution < -0.4 is 5.32 Å². The zero-order valence-electron chi connectivity index (χ0n) is 16.1. The van der Waals surface area contributed by atoms with E-state index in [9.17, 15) is 19.5 Å². The molecule has 0 aromatic rings. The van der Waals surface area contributed by atoms with E-state index >= 15 is 0 Å². The highest BCUT2D eigenvalue weighted by atomic mass is 16.5. The first kappa shape index (κ1) is 20.7. The minimum absolute atomic E-state index is 0.00817. The summed E-state index contributed by atoms with van der Waals surface area (Å²) in [4.78, 5) is 38.5. The van der Waals surface area contributed by atoms with Gasteiger partial charge in [-0.05, 0) is 45.4 Å². The van der Waals surface area contributed by atoms with E-state index in [1.54, 1.807) is 18.7 Å². The normalized spacial score (nSPS) is 27.5. The van der Waals surface area contributed by atoms with Crippen molar-refractivity contribution in [1.29, 1.82) is 0 Å². The summed E-state index contributed by atoms with van der Waals surface area (Å²) in [6.07, 6.45) is 5.87. The van der Waals surface area contributed by atoms with Gasteiger partial charge in [-0.2, -0.15) is 0 Å². The number of ether oxygens (including phenoxy) is 1. The Morgan fingerprint density at radius 1 is 1.23 bits per heavy atom. The average Bonchev–Trinajstić information content (AvgIpc) is 3.00. The molecule has 26 heavy (non-hydrogen) atoms. The Balaban J connectivity index is 2.10. The Bertz CT molecular complexity index is 524. The SMILES string of the molecule is CCC[C@@H](N[C@H](C)C(=O)N1[C@@H]2CCCC[C@@H]2C[C@H]1C(=O)O)C(=O)OCC. The summed E-state index contributed by atoms with van der Waals surface area (Å²) in [5.41, 5.74) is 0. The van der Waals surface area contributed by atoms with Crippen LogP contribution in [0, 0.1) is 5.92 Å². The lowest BCUT2D eigenvalue weighted by Gasteiger charge is -2.35. The molecule has 1 amide bonds. The monoisotopic (exact) mass is 368 g/mol. The van der Waals surface area contributed by atoms with Gasteiger partial charge in [-0.3, -0.25) is 14.9 Å². The third-order valence-electron chi connectivity index (χ3n) is 5.60. The maximum Gasteiger partial charge on any atom is 0.326 e. The Morgan fingerprint density at radius 3 is 2.54 bits per heavy atom. The number of amides is 1. The van der Waals surface area contributed by atoms with Gasteiger partial charge < -0.3 is 14.7 Å². The zero-order chi connectivity index (χ0) is 19.3. The second-order valence-corrected chi connectivity index (χ2v) is 7.43. The van der Waals surface area contributed by atoms with Gasteiger partial charge in [0.2, 0.25) is 5.91 Å². The molecule has 0 aromatic carbocycles. The molecule has 2 aliphatic rings. The molecule has 7 heteroatoms. The van der Waals surface area contributed by atoms with E-state index in [1.807, 2.05) is 6.92 Å². The lowest BCUT2D eigenvalue weighted by molar-refractivity contribution is -0.152. The highest BCUT2D eigenvalue weighted by molar-refractivity contribution is 5.88. The summed E-state index contributed by atoms with van der Waals surface area (Å²) in [5.74, 6) is -1.24. The van der Waals surface area contributed by atoms with Gasteiger partial charge >= 0.3 is 11.9 Å². The third kappa shape index (κ3) is 4.55. The molecule has 1 saturated heterocycles. The van der Waals surface area contributed by atoms with Crippen molar-refractivity contribution >= 4 is 17.8 Å². The first-order valence-corrected chi connectivity index (χ1v) is 9.88. The van der Waals surface area contributed by atoms with Crippen LogP contribution in [0.4, 0.5) is 0 Å². The number of likely N-dealkylation sites (tertiary alicyclic amines) is 1. The fourth-order valence-corrected chi connectivity index (χ4v) is 4.39. The van der Waals surface area contributed by atoms with Crippen LogP contribution in [0.25, 0.3) is 0 Å². The lowest BCUT2D eigenvalue weighted by Crippen LogP contribution is -2.55. The fourth-order valence-electron chi connectivity index (χ4n) is 4.39. The Labute approximate surface area is 155 Å². The lowest BCUT2D eigenvalue weighted by atomic mass is 9.84. The van der Waals surface area contributed by atoms with Gasteiger partial charge in [-0.25, -0.2) is 4.79 Å². The molecule has 1 saturated carbocycles. The Kier molecular flexibility index (Phi) is 7.43. The van der Waals surface area contributed by atoms with E-state index in [0.717, 1.165) is 32.1 Å². The number of carbonyl (C=O) groups excluding carboxylic acids is 2. The molecule has 2 N–H and O–H groups in total. The number of hydrogen-bond acceptors (Lipinski definition) is 5. The summed E-state index contributed by atoms with van der Waals surface area (Å²) in [5, 5.41) is 12.7. The molecule has 0 radical (unpaired) electrons. The van der Waals surface area contributed by atoms with Crippen LogP contribution in [0.15, 0.2) is 0 Å². The standard InChI is InChI=1S/C19H32N2O5/c1-4-8-14(19(25)26-5-2)20-12(3)17(22)21-15-10-7-6-9-13(15)11-16(21)18(23)24/h12-16,20H,4-11H2,1-3H3,(H,23,24)/t12-,13-,14-,15-,16+/m1/s1. The van der Waals surface area contributed by atoms with Crippen LogP contribution in [0.5, 0.6) is 0 Å². The molecule has 7 nitrogen and oxygen atoms in total. The van der Waals surface area contributed by atoms with E-state index in [-0.39, 0.29) is 23.8 Å². The van der Waals surface area contributed by atoms with Gasteiger partial charge in [-0.15, -0.1) is 0 Å². The molecule has 0 aromatic heterocycles. The molecule has 0 bridgehead atoms. The van der Waals surface area contributed by atoms with Gasteiger partial charge in [0.15, 0.2) is 0 Å². The predicted molar refractivity (Wildman–Crippen MR) is 96.6 cm³/mol. The summed E-state index contributed by atoms with van der Waals surface area (Å²) in [6, 6.07) is -1.92. The fraction of sp³-hybridized carbons (Fsp3) is 0.842. The number of carboxylic acid groups (broad SMARTS) is 1. The average molecular weight is 368 g/mol. The number of esters is 1. The largest absolute Gasteiger partial charge is 0.480 e. The van der Waals surface area contributed by atoms with Crippen molar-refractivity contribution in [3.8, 4) is 0 Å². The number of aliphatic carboxylic acids is 1. The van der Waals surface area contributed by atoms with Crippen LogP contribution in [0.1, 0.15) is 65.7 Å². The number of nitrogens with one attached hydrogen (secondary N) is 1. The molecule has 0 spiro atoms. The third-order valence-corrected chi connectivity index (χ3v) is 5.60. The van der Waals surface area contributed by atoms with E-state index in [2.05, 4.69) is 5.32 Å². The van der Waals surface area contributed by atoms with Crippen molar-refractivity contribution in [2.75, 3.05) is 6.61 Å². The predicted octanol–water partition coefficient (Wildman–Crippen LogP) is 1.94. The molecule has 1 heterocycles. The quantitative estimate of drug-likeness (QED) is 0.636. The Morgan fingerprint density at radius 2 is 1.92 bits per heavy atom. The maximum absolute atomic E-state index is 13.1. The molecular formula is C19H32N2O5. The van der Waals surface area contributed by atoms with Gasteiger partial charge in [0.25, 0.3) is 0 Å². The molecule has 5 atom stereocenters. The minimum Gasteiger partial charge on any atom is -0.480 e. The summed E-state index contributed by atoms with van der Waals surface area (Å²) in [6.45, 7) is 5.72. The van der Waals surface area contributed by atoms with Crippen molar-refractivity contribution in [1.82, 2.24) is 10.2 Å². The van der Waals surface area contributed by atoms with E-state index in [0.29, 0.717) is 19.4 Å². The van der Waals surface area contributed by atoms with Crippen molar-refractivity contribution in [3.63, 3.8) is 0 Å². The van der Waals surface area contributed by atoms with Crippen LogP contribution in [0.3, 0.4) is 0 Å². The van der Waals surface area contributed by atoms with Gasteiger partial charge in [0.1, 0.15) is 12.1 Å². The zero-order valence-corrected chi connectivity index (χ0v) is 16.1. The van der Waals surface area contributed by atoms with E-state index in [1.165, 1.54) is 0 Å². The molecule has 0 unspecified atom stereocenters. The first-order valence-electron chi connectivity index (χ1n) is 9.88. The maximum atomic E-state index is 13.1. The van der Waals surface area contributed by atoms with Gasteiger partial charge in [0.05, 0.1) is 12.6 Å². The minimum atomic E-state index is -0.935. The van der Waals surface area contributed by atoms with Crippen molar-refractivity contribution in [2.45, 2.75) is 89.9 Å². The van der Waals surface area contributed by atoms with Gasteiger partial charge in [0, 0.05) is 6.04 Å². The second-order valence-electron chi connectivity index (χ2n) is 7.43. The molecular weight excluding hydrogens is 336 g/mol. The van der Waals surface area contributed by atoms with Crippen molar-refractivity contribution in [2.24, 2.45) is 5.92 Å². The van der Waals surface area contributed by atoms with E-state index in [4.69, 9.17) is 4.74 Å². The van der Waals surface area contributed by atoms with Gasteiger partial charge in [-0.1, -0.05) is 26.2 Å². The molecule has 1 aliphatic heterocycles. The number of nitrogens with zero attached hydrogens (tertiary/aromatic N) is 1. The number of fused-ring (bicyclic) bond motifs is 1. The van der Waals surface area contributed by atoms with Crippen LogP contribution >= 0.6 is 0 Å². The Hall–Kier alpha value is -1.63. The molecule has 2 rings (SSSR count). The highest BCUT2D eigenvalue weighted by Gasteiger charge is 2.48. The van der Waals surface area contributed by atoms with Crippen molar-refractivity contribution in [3.05, 3.63) is 0 Å². The topological polar surface area (TPSA) is 95.9 Å². The summed E-state index contributed by atoms with van der Waals surface area (Å²) in [7, 11) is 0. The summed E-state index contributed by atoms with van der Waals surface area (Å²) < 4.78 is 5.09. The van der Waals surface area contributed by atoms with Crippen LogP contribution in [-0.4, -0.2) is 58.6 Å². The smallest absolute Gasteiger partial charge is 0.326 e. The van der Waals surface area contributed by atoms with Crippen LogP contribution in [0.2, 0.25) is 0 Å². The van der Waals surface area contributed by atoms with Crippen molar-refractivity contribution < 1.29 is 24.2 Å². The molecule has 1 aliphatic carbocycles.